The fourth-order valence-corrected chi connectivity index (χ4v) is 7.11. The van der Waals surface area contributed by atoms with Gasteiger partial charge in [-0.1, -0.05) is 78.9 Å². The Balaban J connectivity index is 1.11. The fourth-order valence-electron chi connectivity index (χ4n) is 7.11. The number of imidazole rings is 1. The molecule has 0 amide bonds. The molecule has 0 unspecified atom stereocenters. The first-order valence-corrected chi connectivity index (χ1v) is 16.3. The highest BCUT2D eigenvalue weighted by Crippen LogP contribution is 2.37. The number of esters is 1. The third-order valence-corrected chi connectivity index (χ3v) is 9.35. The van der Waals surface area contributed by atoms with Gasteiger partial charge in [-0.3, -0.25) is 9.47 Å². The van der Waals surface area contributed by atoms with Crippen molar-refractivity contribution >= 4 is 33.6 Å². The summed E-state index contributed by atoms with van der Waals surface area (Å²) in [6.07, 6.45) is 3.88. The molecule has 8 heteroatoms. The van der Waals surface area contributed by atoms with Crippen LogP contribution in [-0.4, -0.2) is 49.5 Å². The average molecular weight is 622 g/mol. The van der Waals surface area contributed by atoms with Crippen LogP contribution in [0.4, 0.5) is 0 Å². The Morgan fingerprint density at radius 1 is 0.851 bits per heavy atom. The normalized spacial score (nSPS) is 14.3. The van der Waals surface area contributed by atoms with Crippen molar-refractivity contribution in [2.75, 3.05) is 19.7 Å². The van der Waals surface area contributed by atoms with Gasteiger partial charge in [0.25, 0.3) is 0 Å². The van der Waals surface area contributed by atoms with E-state index in [4.69, 9.17) is 9.72 Å². The molecule has 47 heavy (non-hydrogen) atoms. The number of carbonyl (C=O) groups excluding carboxylic acids is 1. The lowest BCUT2D eigenvalue weighted by Gasteiger charge is -2.32. The topological polar surface area (TPSA) is 84.6 Å². The molecule has 0 atom stereocenters. The predicted molar refractivity (Wildman–Crippen MR) is 186 cm³/mol. The second-order valence-corrected chi connectivity index (χ2v) is 12.2. The van der Waals surface area contributed by atoms with Crippen molar-refractivity contribution in [3.63, 3.8) is 0 Å². The molecule has 1 aliphatic heterocycles. The number of ether oxygens (including phenoxy) is 1. The van der Waals surface area contributed by atoms with E-state index < -0.39 is 0 Å². The van der Waals surface area contributed by atoms with E-state index >= 15 is 0 Å². The van der Waals surface area contributed by atoms with Gasteiger partial charge in [0, 0.05) is 43.0 Å². The van der Waals surface area contributed by atoms with Crippen LogP contribution >= 0.6 is 0 Å². The zero-order chi connectivity index (χ0) is 31.9. The maximum absolute atomic E-state index is 13.6. The Labute approximate surface area is 271 Å². The summed E-state index contributed by atoms with van der Waals surface area (Å²) in [5.74, 6) is -0.359. The van der Waals surface area contributed by atoms with Crippen molar-refractivity contribution in [1.82, 2.24) is 23.8 Å². The third-order valence-electron chi connectivity index (χ3n) is 9.35. The number of hydrogen-bond acceptors (Lipinski definition) is 5. The van der Waals surface area contributed by atoms with Gasteiger partial charge in [0.05, 0.1) is 45.4 Å². The smallest absolute Gasteiger partial charge is 0.341 e. The second-order valence-electron chi connectivity index (χ2n) is 12.2. The monoisotopic (exact) mass is 621 g/mol. The summed E-state index contributed by atoms with van der Waals surface area (Å²) in [6, 6.07) is 34.6. The van der Waals surface area contributed by atoms with Crippen molar-refractivity contribution in [3.8, 4) is 22.4 Å². The molecule has 234 valence electrons. The standard InChI is InChI=1S/C39H35N5O3/c1-2-47-38(45)35-30(27-10-4-3-5-11-27)25-43-33-14-8-6-12-31(33)40-36(37(35)43)28-18-16-26(17-19-28)24-42-22-20-29(21-23-42)44-34-15-9-7-13-32(34)41-39(44)46/h3-19,25,29H,2,20-24H2,1H3,(H,41,46). The fraction of sp³-hybridized carbons (Fsp3) is 0.205. The van der Waals surface area contributed by atoms with Crippen LogP contribution in [0.5, 0.6) is 0 Å². The number of H-pyrrole nitrogens is 1. The van der Waals surface area contributed by atoms with Gasteiger partial charge in [0.15, 0.2) is 0 Å². The first kappa shape index (κ1) is 29.0. The minimum absolute atomic E-state index is 0.0263. The number of nitrogens with zero attached hydrogens (tertiary/aromatic N) is 4. The van der Waals surface area contributed by atoms with E-state index in [1.165, 1.54) is 5.56 Å². The number of para-hydroxylation sites is 4. The third kappa shape index (κ3) is 5.20. The Morgan fingerprint density at radius 2 is 1.55 bits per heavy atom. The molecular formula is C39H35N5O3. The number of rotatable bonds is 7. The number of carbonyl (C=O) groups is 1. The number of aromatic nitrogens is 4. The molecule has 3 aromatic heterocycles. The summed E-state index contributed by atoms with van der Waals surface area (Å²) in [6.45, 7) is 4.77. The van der Waals surface area contributed by atoms with Crippen molar-refractivity contribution in [2.24, 2.45) is 0 Å². The van der Waals surface area contributed by atoms with Crippen LogP contribution in [-0.2, 0) is 11.3 Å². The molecule has 1 saturated heterocycles. The Hall–Kier alpha value is -5.47. The van der Waals surface area contributed by atoms with Crippen molar-refractivity contribution in [1.29, 1.82) is 0 Å². The van der Waals surface area contributed by atoms with E-state index in [1.807, 2.05) is 96.6 Å². The van der Waals surface area contributed by atoms with E-state index in [-0.39, 0.29) is 24.3 Å². The molecule has 0 saturated carbocycles. The predicted octanol–water partition coefficient (Wildman–Crippen LogP) is 7.48. The van der Waals surface area contributed by atoms with Crippen molar-refractivity contribution in [3.05, 3.63) is 131 Å². The molecule has 8 nitrogen and oxygen atoms in total. The molecule has 4 heterocycles. The van der Waals surface area contributed by atoms with Crippen LogP contribution in [0.2, 0.25) is 0 Å². The first-order chi connectivity index (χ1) is 23.1. The molecular weight excluding hydrogens is 586 g/mol. The van der Waals surface area contributed by atoms with Crippen LogP contribution in [0.25, 0.3) is 50.0 Å². The summed E-state index contributed by atoms with van der Waals surface area (Å²) in [7, 11) is 0. The van der Waals surface area contributed by atoms with Crippen LogP contribution in [0.1, 0.15) is 41.7 Å². The molecule has 0 aliphatic carbocycles. The Morgan fingerprint density at radius 3 is 2.32 bits per heavy atom. The van der Waals surface area contributed by atoms with Gasteiger partial charge in [-0.25, -0.2) is 14.6 Å². The molecule has 8 rings (SSSR count). The van der Waals surface area contributed by atoms with E-state index in [2.05, 4.69) is 38.6 Å². The molecule has 0 bridgehead atoms. The van der Waals surface area contributed by atoms with Crippen LogP contribution in [0.15, 0.2) is 114 Å². The van der Waals surface area contributed by atoms with E-state index in [1.54, 1.807) is 0 Å². The number of piperidine rings is 1. The quantitative estimate of drug-likeness (QED) is 0.187. The zero-order valence-corrected chi connectivity index (χ0v) is 26.2. The highest BCUT2D eigenvalue weighted by Gasteiger charge is 2.26. The van der Waals surface area contributed by atoms with E-state index in [9.17, 15) is 9.59 Å². The summed E-state index contributed by atoms with van der Waals surface area (Å²) < 4.78 is 9.64. The largest absolute Gasteiger partial charge is 0.462 e. The number of hydrogen-bond donors (Lipinski definition) is 1. The van der Waals surface area contributed by atoms with Gasteiger partial charge in [0.1, 0.15) is 0 Å². The number of nitrogens with one attached hydrogen (secondary N) is 1. The summed E-state index contributed by atoms with van der Waals surface area (Å²) in [4.78, 5) is 36.9. The van der Waals surface area contributed by atoms with Crippen molar-refractivity contribution in [2.45, 2.75) is 32.4 Å². The number of aromatic amines is 1. The minimum Gasteiger partial charge on any atom is -0.462 e. The van der Waals surface area contributed by atoms with Gasteiger partial charge >= 0.3 is 11.7 Å². The lowest BCUT2D eigenvalue weighted by atomic mass is 10.0. The van der Waals surface area contributed by atoms with E-state index in [0.717, 1.165) is 82.4 Å². The maximum atomic E-state index is 13.6. The van der Waals surface area contributed by atoms with Crippen LogP contribution in [0.3, 0.4) is 0 Å². The molecule has 1 fully saturated rings. The van der Waals surface area contributed by atoms with Gasteiger partial charge in [0.2, 0.25) is 0 Å². The van der Waals surface area contributed by atoms with Crippen LogP contribution in [0, 0.1) is 0 Å². The highest BCUT2D eigenvalue weighted by atomic mass is 16.5. The number of benzene rings is 4. The highest BCUT2D eigenvalue weighted by molar-refractivity contribution is 6.09. The van der Waals surface area contributed by atoms with Gasteiger partial charge < -0.3 is 14.1 Å². The number of fused-ring (bicyclic) bond motifs is 4. The SMILES string of the molecule is CCOC(=O)c1c(-c2ccccc2)cn2c1c(-c1ccc(CN3CCC(n4c(=O)[nH]c5ccccc54)CC3)cc1)nc1ccccc12. The summed E-state index contributed by atoms with van der Waals surface area (Å²) >= 11 is 0. The average Bonchev–Trinajstić information content (AvgIpc) is 3.68. The van der Waals surface area contributed by atoms with Gasteiger partial charge in [-0.15, -0.1) is 0 Å². The molecule has 1 aliphatic rings. The summed E-state index contributed by atoms with van der Waals surface area (Å²) in [5, 5.41) is 0. The molecule has 4 aromatic carbocycles. The Bertz CT molecular complexity index is 2290. The summed E-state index contributed by atoms with van der Waals surface area (Å²) in [5.41, 5.74) is 9.53. The molecule has 7 aromatic rings. The maximum Gasteiger partial charge on any atom is 0.341 e. The minimum atomic E-state index is -0.359. The van der Waals surface area contributed by atoms with Crippen LogP contribution < -0.4 is 5.69 Å². The Kier molecular flexibility index (Phi) is 7.42. The lowest BCUT2D eigenvalue weighted by molar-refractivity contribution is 0.0529. The van der Waals surface area contributed by atoms with E-state index in [0.29, 0.717) is 5.56 Å². The second kappa shape index (κ2) is 12.0. The van der Waals surface area contributed by atoms with Gasteiger partial charge in [-0.2, -0.15) is 0 Å². The molecule has 0 spiro atoms. The van der Waals surface area contributed by atoms with Crippen molar-refractivity contribution < 1.29 is 9.53 Å². The van der Waals surface area contributed by atoms with Gasteiger partial charge in [-0.05, 0) is 55.2 Å². The lowest BCUT2D eigenvalue weighted by Crippen LogP contribution is -2.36. The zero-order valence-electron chi connectivity index (χ0n) is 26.2. The first-order valence-electron chi connectivity index (χ1n) is 16.3. The molecule has 1 N–H and O–H groups in total. The molecule has 0 radical (unpaired) electrons. The number of likely N-dealkylation sites (tertiary alicyclic amines) is 1.